The summed E-state index contributed by atoms with van der Waals surface area (Å²) in [5, 5.41) is 0.242. The van der Waals surface area contributed by atoms with Crippen molar-refractivity contribution in [1.29, 1.82) is 0 Å². The summed E-state index contributed by atoms with van der Waals surface area (Å²) >= 11 is 0. The second-order valence-corrected chi connectivity index (χ2v) is 23.7. The van der Waals surface area contributed by atoms with Crippen LogP contribution in [0.4, 0.5) is 0 Å². The Kier molecular flexibility index (Phi) is 8.54. The van der Waals surface area contributed by atoms with E-state index < -0.39 is 35.0 Å². The van der Waals surface area contributed by atoms with E-state index in [0.29, 0.717) is 6.61 Å². The Morgan fingerprint density at radius 2 is 1.26 bits per heavy atom. The quantitative estimate of drug-likeness (QED) is 0.339. The number of hydrogen-bond acceptors (Lipinski definition) is 5. The van der Waals surface area contributed by atoms with Gasteiger partial charge in [0.1, 0.15) is 17.6 Å². The van der Waals surface area contributed by atoms with Gasteiger partial charge in [-0.05, 0) is 88.5 Å². The highest BCUT2D eigenvalue weighted by Gasteiger charge is 2.52. The lowest BCUT2D eigenvalue weighted by Gasteiger charge is -2.37. The lowest BCUT2D eigenvalue weighted by Crippen LogP contribution is -2.44. The third-order valence-electron chi connectivity index (χ3n) is 8.43. The van der Waals surface area contributed by atoms with Crippen LogP contribution in [-0.2, 0) is 13.7 Å². The molecule has 1 aromatic carbocycles. The highest BCUT2D eigenvalue weighted by atomic mass is 28.4. The minimum atomic E-state index is -2.05. The van der Waals surface area contributed by atoms with Crippen LogP contribution in [0.1, 0.15) is 76.2 Å². The molecule has 1 unspecified atom stereocenters. The van der Waals surface area contributed by atoms with Crippen molar-refractivity contribution in [3.63, 3.8) is 0 Å². The second kappa shape index (κ2) is 9.82. The van der Waals surface area contributed by atoms with Gasteiger partial charge in [0.15, 0.2) is 8.32 Å². The molecule has 0 aromatic heterocycles. The van der Waals surface area contributed by atoms with Crippen molar-refractivity contribution in [2.45, 2.75) is 130 Å². The van der Waals surface area contributed by atoms with Gasteiger partial charge >= 0.3 is 7.12 Å². The summed E-state index contributed by atoms with van der Waals surface area (Å²) in [5.41, 5.74) is 0.0748. The fourth-order valence-corrected chi connectivity index (χ4v) is 5.19. The van der Waals surface area contributed by atoms with Crippen LogP contribution in [0, 0.1) is 0 Å². The fourth-order valence-electron chi connectivity index (χ4n) is 3.09. The van der Waals surface area contributed by atoms with Crippen LogP contribution < -0.4 is 14.6 Å². The second-order valence-electron chi connectivity index (χ2n) is 14.2. The minimum absolute atomic E-state index is 0.0820. The third-order valence-corrected chi connectivity index (χ3v) is 17.3. The lowest BCUT2D eigenvalue weighted by molar-refractivity contribution is 0.00578. The summed E-state index contributed by atoms with van der Waals surface area (Å²) in [6, 6.07) is 6.06. The molecule has 0 radical (unpaired) electrons. The maximum absolute atomic E-state index is 6.67. The van der Waals surface area contributed by atoms with Gasteiger partial charge in [0.2, 0.25) is 8.32 Å². The van der Waals surface area contributed by atoms with Crippen LogP contribution in [0.15, 0.2) is 18.2 Å². The number of hydrogen-bond donors (Lipinski definition) is 0. The molecule has 0 N–H and O–H groups in total. The minimum Gasteiger partial charge on any atom is -0.543 e. The van der Waals surface area contributed by atoms with Crippen molar-refractivity contribution in [3.05, 3.63) is 18.2 Å². The van der Waals surface area contributed by atoms with E-state index in [9.17, 15) is 0 Å². The lowest BCUT2D eigenvalue weighted by atomic mass is 9.79. The Morgan fingerprint density at radius 1 is 0.800 bits per heavy atom. The zero-order valence-corrected chi connectivity index (χ0v) is 27.1. The molecule has 8 heteroatoms. The molecule has 0 aliphatic carbocycles. The van der Waals surface area contributed by atoms with Crippen LogP contribution in [0.25, 0.3) is 0 Å². The van der Waals surface area contributed by atoms with E-state index in [4.69, 9.17) is 22.9 Å². The third kappa shape index (κ3) is 7.16. The Balaban J connectivity index is 2.34. The summed E-state index contributed by atoms with van der Waals surface area (Å²) in [5.74, 6) is 1.55. The molecule has 35 heavy (non-hydrogen) atoms. The van der Waals surface area contributed by atoms with E-state index >= 15 is 0 Å². The average molecular weight is 523 g/mol. The number of benzene rings is 1. The smallest absolute Gasteiger partial charge is 0.495 e. The van der Waals surface area contributed by atoms with Gasteiger partial charge in [0.05, 0.1) is 17.8 Å². The first kappa shape index (κ1) is 30.4. The zero-order valence-electron chi connectivity index (χ0n) is 25.1. The predicted molar refractivity (Wildman–Crippen MR) is 153 cm³/mol. The molecule has 1 aliphatic rings. The molecule has 0 amide bonds. The molecular formula is C27H51BO5Si2. The molecule has 5 nitrogen and oxygen atoms in total. The van der Waals surface area contributed by atoms with Crippen molar-refractivity contribution in [2.24, 2.45) is 0 Å². The molecule has 0 spiro atoms. The Hall–Kier alpha value is -0.801. The van der Waals surface area contributed by atoms with Crippen LogP contribution >= 0.6 is 0 Å². The van der Waals surface area contributed by atoms with Crippen LogP contribution in [0.5, 0.6) is 11.5 Å². The first-order chi connectivity index (χ1) is 15.5. The van der Waals surface area contributed by atoms with Gasteiger partial charge in [0, 0.05) is 6.07 Å². The molecule has 2 rings (SSSR count). The van der Waals surface area contributed by atoms with Gasteiger partial charge < -0.3 is 22.9 Å². The normalized spacial score (nSPS) is 19.6. The van der Waals surface area contributed by atoms with Gasteiger partial charge in [0.25, 0.3) is 0 Å². The van der Waals surface area contributed by atoms with E-state index in [1.165, 1.54) is 0 Å². The Bertz CT molecular complexity index is 869. The largest absolute Gasteiger partial charge is 0.543 e. The van der Waals surface area contributed by atoms with E-state index in [1.54, 1.807) is 0 Å². The monoisotopic (exact) mass is 522 g/mol. The molecule has 1 aromatic rings. The average Bonchev–Trinajstić information content (AvgIpc) is 2.85. The van der Waals surface area contributed by atoms with E-state index in [1.807, 2.05) is 18.2 Å². The maximum Gasteiger partial charge on any atom is 0.495 e. The zero-order chi connectivity index (χ0) is 27.3. The van der Waals surface area contributed by atoms with E-state index in [0.717, 1.165) is 17.0 Å². The molecule has 1 fully saturated rings. The van der Waals surface area contributed by atoms with Crippen molar-refractivity contribution in [2.75, 3.05) is 6.61 Å². The summed E-state index contributed by atoms with van der Waals surface area (Å²) in [7, 11) is -4.38. The summed E-state index contributed by atoms with van der Waals surface area (Å²) in [6.07, 6.45) is -0.0987. The highest BCUT2D eigenvalue weighted by molar-refractivity contribution is 6.75. The molecule has 1 atom stereocenters. The standard InChI is InChI=1S/C27H51BO5Si2/c1-20(19-29-34(12,13)24(2,3)4)30-22-16-21(28-32-26(8,9)27(10,11)33-28)17-23(18-22)31-35(14,15)25(5,6)7/h16-18,20H,19H2,1-15H3. The van der Waals surface area contributed by atoms with Gasteiger partial charge in [-0.25, -0.2) is 0 Å². The molecule has 200 valence electrons. The molecule has 1 saturated heterocycles. The van der Waals surface area contributed by atoms with Gasteiger partial charge in [-0.3, -0.25) is 0 Å². The summed E-state index contributed by atoms with van der Waals surface area (Å²) in [6.45, 7) is 33.4. The molecule has 0 saturated carbocycles. The molecule has 0 bridgehead atoms. The van der Waals surface area contributed by atoms with Crippen LogP contribution in [0.2, 0.25) is 36.3 Å². The summed E-state index contributed by atoms with van der Waals surface area (Å²) in [4.78, 5) is 0. The van der Waals surface area contributed by atoms with E-state index in [2.05, 4.69) is 102 Å². The topological polar surface area (TPSA) is 46.2 Å². The molecule has 1 aliphatic heterocycles. The fraction of sp³-hybridized carbons (Fsp3) is 0.778. The van der Waals surface area contributed by atoms with Crippen molar-refractivity contribution >= 4 is 29.2 Å². The maximum atomic E-state index is 6.67. The first-order valence-corrected chi connectivity index (χ1v) is 18.8. The van der Waals surface area contributed by atoms with Gasteiger partial charge in [-0.2, -0.15) is 0 Å². The van der Waals surface area contributed by atoms with Crippen molar-refractivity contribution < 1.29 is 22.9 Å². The highest BCUT2D eigenvalue weighted by Crippen LogP contribution is 2.40. The van der Waals surface area contributed by atoms with E-state index in [-0.39, 0.29) is 16.2 Å². The van der Waals surface area contributed by atoms with Gasteiger partial charge in [-0.1, -0.05) is 41.5 Å². The number of rotatable bonds is 8. The SMILES string of the molecule is CC(CO[Si](C)(C)C(C)(C)C)Oc1cc(O[Si](C)(C)C(C)(C)C)cc(B2OC(C)(C)C(C)(C)O2)c1. The molecular weight excluding hydrogens is 471 g/mol. The predicted octanol–water partition coefficient (Wildman–Crippen LogP) is 7.16. The summed E-state index contributed by atoms with van der Waals surface area (Å²) < 4.78 is 32.2. The number of ether oxygens (including phenoxy) is 1. The Morgan fingerprint density at radius 3 is 1.71 bits per heavy atom. The van der Waals surface area contributed by atoms with Gasteiger partial charge in [-0.15, -0.1) is 0 Å². The van der Waals surface area contributed by atoms with Crippen molar-refractivity contribution in [3.8, 4) is 11.5 Å². The molecule has 1 heterocycles. The van der Waals surface area contributed by atoms with Crippen LogP contribution in [-0.4, -0.2) is 47.7 Å². The van der Waals surface area contributed by atoms with Crippen molar-refractivity contribution in [1.82, 2.24) is 0 Å². The van der Waals surface area contributed by atoms with Crippen LogP contribution in [0.3, 0.4) is 0 Å². The first-order valence-electron chi connectivity index (χ1n) is 13.0. The Labute approximate surface area is 218 Å².